The molecule has 0 radical (unpaired) electrons. The third-order valence-electron chi connectivity index (χ3n) is 3.73. The van der Waals surface area contributed by atoms with Crippen LogP contribution in [0.25, 0.3) is 0 Å². The Kier molecular flexibility index (Phi) is 14.1. The lowest BCUT2D eigenvalue weighted by molar-refractivity contribution is -0.142. The molecule has 0 aliphatic rings. The van der Waals surface area contributed by atoms with Crippen molar-refractivity contribution in [3.8, 4) is 0 Å². The Labute approximate surface area is 124 Å². The highest BCUT2D eigenvalue weighted by molar-refractivity contribution is 7.80. The molecular formula is C16H32O2S. The zero-order chi connectivity index (χ0) is 14.3. The molecule has 0 aliphatic carbocycles. The number of carboxylic acids is 1. The Morgan fingerprint density at radius 1 is 0.895 bits per heavy atom. The Morgan fingerprint density at radius 3 is 1.79 bits per heavy atom. The fraction of sp³-hybridized carbons (Fsp3) is 0.938. The molecule has 0 saturated heterocycles. The first kappa shape index (κ1) is 18.8. The Balaban J connectivity index is 3.27. The molecule has 0 aromatic carbocycles. The minimum atomic E-state index is -0.648. The average Bonchev–Trinajstić information content (AvgIpc) is 2.39. The summed E-state index contributed by atoms with van der Waals surface area (Å²) in [7, 11) is 0. The molecule has 0 bridgehead atoms. The molecule has 114 valence electrons. The molecule has 2 nitrogen and oxygen atoms in total. The van der Waals surface area contributed by atoms with E-state index < -0.39 is 5.97 Å². The van der Waals surface area contributed by atoms with E-state index in [2.05, 4.69) is 19.6 Å². The topological polar surface area (TPSA) is 37.3 Å². The number of carbonyl (C=O) groups is 1. The number of hydrogen-bond acceptors (Lipinski definition) is 2. The van der Waals surface area contributed by atoms with Gasteiger partial charge in [0.2, 0.25) is 0 Å². The fourth-order valence-corrected chi connectivity index (χ4v) is 2.74. The number of unbranched alkanes of at least 4 members (excludes halogenated alkanes) is 9. The second kappa shape index (κ2) is 14.2. The van der Waals surface area contributed by atoms with Gasteiger partial charge in [-0.3, -0.25) is 4.79 Å². The van der Waals surface area contributed by atoms with E-state index in [-0.39, 0.29) is 5.92 Å². The fourth-order valence-electron chi connectivity index (χ4n) is 2.43. The number of rotatable bonds is 14. The molecule has 1 atom stereocenters. The molecule has 0 aromatic heterocycles. The van der Waals surface area contributed by atoms with Gasteiger partial charge < -0.3 is 5.11 Å². The van der Waals surface area contributed by atoms with E-state index in [1.807, 2.05) is 0 Å². The molecule has 0 amide bonds. The average molecular weight is 288 g/mol. The molecule has 0 rings (SSSR count). The minimum Gasteiger partial charge on any atom is -0.481 e. The van der Waals surface area contributed by atoms with Crippen molar-refractivity contribution in [2.45, 2.75) is 84.0 Å². The summed E-state index contributed by atoms with van der Waals surface area (Å²) in [4.78, 5) is 10.9. The van der Waals surface area contributed by atoms with Gasteiger partial charge in [0.1, 0.15) is 0 Å². The molecule has 1 N–H and O–H groups in total. The quantitative estimate of drug-likeness (QED) is 0.335. The molecule has 0 fully saturated rings. The summed E-state index contributed by atoms with van der Waals surface area (Å²) < 4.78 is 0. The first-order valence-electron chi connectivity index (χ1n) is 8.06. The summed E-state index contributed by atoms with van der Waals surface area (Å²) >= 11 is 4.12. The normalized spacial score (nSPS) is 12.5. The standard InChI is InChI=1S/C16H32O2S/c1-2-3-4-5-6-7-8-9-10-11-12-15(13-14-19)16(17)18/h15,19H,2-14H2,1H3,(H,17,18). The molecule has 1 unspecified atom stereocenters. The van der Waals surface area contributed by atoms with Crippen molar-refractivity contribution < 1.29 is 9.90 Å². The summed E-state index contributed by atoms with van der Waals surface area (Å²) in [6, 6.07) is 0. The largest absolute Gasteiger partial charge is 0.481 e. The van der Waals surface area contributed by atoms with Crippen LogP contribution in [0, 0.1) is 5.92 Å². The van der Waals surface area contributed by atoms with Gasteiger partial charge in [-0.2, -0.15) is 12.6 Å². The SMILES string of the molecule is CCCCCCCCCCCCC(CCS)C(=O)O. The summed E-state index contributed by atoms with van der Waals surface area (Å²) in [5, 5.41) is 9.01. The summed E-state index contributed by atoms with van der Waals surface area (Å²) in [5.41, 5.74) is 0. The summed E-state index contributed by atoms with van der Waals surface area (Å²) in [6.45, 7) is 2.25. The number of carboxylic acid groups (broad SMARTS) is 1. The molecule has 0 aromatic rings. The van der Waals surface area contributed by atoms with Crippen molar-refractivity contribution in [2.75, 3.05) is 5.75 Å². The Morgan fingerprint density at radius 2 is 1.37 bits per heavy atom. The maximum atomic E-state index is 10.9. The van der Waals surface area contributed by atoms with E-state index in [0.717, 1.165) is 12.8 Å². The third kappa shape index (κ3) is 12.6. The monoisotopic (exact) mass is 288 g/mol. The Bertz CT molecular complexity index is 207. The van der Waals surface area contributed by atoms with E-state index in [1.165, 1.54) is 57.8 Å². The highest BCUT2D eigenvalue weighted by Gasteiger charge is 2.15. The highest BCUT2D eigenvalue weighted by atomic mass is 32.1. The molecular weight excluding hydrogens is 256 g/mol. The molecule has 19 heavy (non-hydrogen) atoms. The van der Waals surface area contributed by atoms with Gasteiger partial charge in [-0.1, -0.05) is 71.1 Å². The lowest BCUT2D eigenvalue weighted by Crippen LogP contribution is -2.14. The maximum absolute atomic E-state index is 10.9. The van der Waals surface area contributed by atoms with Crippen LogP contribution in [0.3, 0.4) is 0 Å². The van der Waals surface area contributed by atoms with E-state index in [0.29, 0.717) is 12.2 Å². The predicted octanol–water partition coefficient (Wildman–Crippen LogP) is 5.32. The maximum Gasteiger partial charge on any atom is 0.306 e. The van der Waals surface area contributed by atoms with E-state index >= 15 is 0 Å². The van der Waals surface area contributed by atoms with Crippen LogP contribution in [0.1, 0.15) is 84.0 Å². The zero-order valence-electron chi connectivity index (χ0n) is 12.6. The van der Waals surface area contributed by atoms with Gasteiger partial charge in [-0.05, 0) is 18.6 Å². The van der Waals surface area contributed by atoms with Gasteiger partial charge in [-0.15, -0.1) is 0 Å². The van der Waals surface area contributed by atoms with E-state index in [1.54, 1.807) is 0 Å². The van der Waals surface area contributed by atoms with Crippen molar-refractivity contribution in [1.29, 1.82) is 0 Å². The third-order valence-corrected chi connectivity index (χ3v) is 3.99. The molecule has 3 heteroatoms. The first-order valence-corrected chi connectivity index (χ1v) is 8.69. The molecule has 0 spiro atoms. The molecule has 0 heterocycles. The number of aliphatic carboxylic acids is 1. The smallest absolute Gasteiger partial charge is 0.306 e. The van der Waals surface area contributed by atoms with Gasteiger partial charge in [0.05, 0.1) is 5.92 Å². The van der Waals surface area contributed by atoms with E-state index in [4.69, 9.17) is 5.11 Å². The van der Waals surface area contributed by atoms with Gasteiger partial charge in [0.25, 0.3) is 0 Å². The van der Waals surface area contributed by atoms with Crippen LogP contribution in [0.4, 0.5) is 0 Å². The van der Waals surface area contributed by atoms with Gasteiger partial charge in [-0.25, -0.2) is 0 Å². The summed E-state index contributed by atoms with van der Waals surface area (Å²) in [5.74, 6) is -0.147. The highest BCUT2D eigenvalue weighted by Crippen LogP contribution is 2.16. The lowest BCUT2D eigenvalue weighted by atomic mass is 9.98. The van der Waals surface area contributed by atoms with Gasteiger partial charge >= 0.3 is 5.97 Å². The van der Waals surface area contributed by atoms with Crippen LogP contribution in [-0.2, 0) is 4.79 Å². The Hall–Kier alpha value is -0.180. The van der Waals surface area contributed by atoms with Crippen LogP contribution in [0.5, 0.6) is 0 Å². The number of thiol groups is 1. The van der Waals surface area contributed by atoms with Crippen LogP contribution in [-0.4, -0.2) is 16.8 Å². The van der Waals surface area contributed by atoms with Gasteiger partial charge in [0.15, 0.2) is 0 Å². The van der Waals surface area contributed by atoms with Crippen LogP contribution < -0.4 is 0 Å². The van der Waals surface area contributed by atoms with Crippen LogP contribution >= 0.6 is 12.6 Å². The lowest BCUT2D eigenvalue weighted by Gasteiger charge is -2.10. The van der Waals surface area contributed by atoms with Crippen molar-refractivity contribution >= 4 is 18.6 Å². The van der Waals surface area contributed by atoms with Crippen LogP contribution in [0.2, 0.25) is 0 Å². The second-order valence-corrected chi connectivity index (χ2v) is 5.97. The van der Waals surface area contributed by atoms with Crippen molar-refractivity contribution in [1.82, 2.24) is 0 Å². The minimum absolute atomic E-state index is 0.174. The number of hydrogen-bond donors (Lipinski definition) is 2. The van der Waals surface area contributed by atoms with E-state index in [9.17, 15) is 4.79 Å². The molecule has 0 aliphatic heterocycles. The predicted molar refractivity (Wildman–Crippen MR) is 86.1 cm³/mol. The molecule has 0 saturated carbocycles. The van der Waals surface area contributed by atoms with Crippen molar-refractivity contribution in [3.63, 3.8) is 0 Å². The van der Waals surface area contributed by atoms with Crippen LogP contribution in [0.15, 0.2) is 0 Å². The van der Waals surface area contributed by atoms with Gasteiger partial charge in [0, 0.05) is 0 Å². The van der Waals surface area contributed by atoms with Crippen molar-refractivity contribution in [3.05, 3.63) is 0 Å². The summed E-state index contributed by atoms with van der Waals surface area (Å²) in [6.07, 6.45) is 14.5. The van der Waals surface area contributed by atoms with Crippen molar-refractivity contribution in [2.24, 2.45) is 5.92 Å². The first-order chi connectivity index (χ1) is 9.22. The zero-order valence-corrected chi connectivity index (χ0v) is 13.5. The second-order valence-electron chi connectivity index (χ2n) is 5.52.